The Kier molecular flexibility index (Phi) is 7.37. The van der Waals surface area contributed by atoms with E-state index in [4.69, 9.17) is 11.6 Å². The highest BCUT2D eigenvalue weighted by Crippen LogP contribution is 2.27. The molecule has 0 heterocycles. The van der Waals surface area contributed by atoms with Crippen LogP contribution in [0.3, 0.4) is 0 Å². The predicted octanol–water partition coefficient (Wildman–Crippen LogP) is 4.47. The largest absolute Gasteiger partial charge is 0.378 e. The Balaban J connectivity index is 2.17. The predicted molar refractivity (Wildman–Crippen MR) is 111 cm³/mol. The van der Waals surface area contributed by atoms with Gasteiger partial charge < -0.3 is 10.6 Å². The van der Waals surface area contributed by atoms with Crippen LogP contribution in [-0.4, -0.2) is 26.6 Å². The van der Waals surface area contributed by atoms with E-state index in [9.17, 15) is 22.0 Å². The van der Waals surface area contributed by atoms with Crippen molar-refractivity contribution in [2.75, 3.05) is 11.6 Å². The Morgan fingerprint density at radius 1 is 1.14 bits per heavy atom. The molecule has 1 amide bonds. The number of hydrogen-bond acceptors (Lipinski definition) is 4. The first-order valence-electron chi connectivity index (χ1n) is 8.67. The molecule has 2 rings (SSSR count). The summed E-state index contributed by atoms with van der Waals surface area (Å²) in [6.07, 6.45) is 2.21. The van der Waals surface area contributed by atoms with Crippen molar-refractivity contribution in [1.29, 1.82) is 0 Å². The Labute approximate surface area is 173 Å². The van der Waals surface area contributed by atoms with E-state index in [-0.39, 0.29) is 11.7 Å². The minimum atomic E-state index is -3.38. The van der Waals surface area contributed by atoms with Crippen molar-refractivity contribution in [2.24, 2.45) is 0 Å². The average molecular weight is 443 g/mol. The lowest BCUT2D eigenvalue weighted by Gasteiger charge is -2.18. The summed E-state index contributed by atoms with van der Waals surface area (Å²) < 4.78 is 51.1. The number of carbonyl (C=O) groups is 1. The van der Waals surface area contributed by atoms with Crippen LogP contribution in [0.2, 0.25) is 5.02 Å². The van der Waals surface area contributed by atoms with E-state index < -0.39 is 39.0 Å². The molecule has 2 aromatic carbocycles. The Bertz CT molecular complexity index is 1020. The zero-order chi connectivity index (χ0) is 21.8. The van der Waals surface area contributed by atoms with Crippen LogP contribution in [-0.2, 0) is 9.84 Å². The molecule has 5 nitrogen and oxygen atoms in total. The molecule has 2 atom stereocenters. The van der Waals surface area contributed by atoms with Crippen LogP contribution < -0.4 is 10.6 Å². The lowest BCUT2D eigenvalue weighted by Crippen LogP contribution is -2.32. The topological polar surface area (TPSA) is 75.3 Å². The first-order chi connectivity index (χ1) is 13.5. The molecule has 2 aromatic rings. The van der Waals surface area contributed by atoms with Crippen molar-refractivity contribution in [3.8, 4) is 0 Å². The van der Waals surface area contributed by atoms with Crippen molar-refractivity contribution in [3.05, 3.63) is 75.7 Å². The molecule has 2 N–H and O–H groups in total. The second-order valence-corrected chi connectivity index (χ2v) is 8.96. The van der Waals surface area contributed by atoms with Crippen molar-refractivity contribution in [1.82, 2.24) is 5.32 Å². The van der Waals surface area contributed by atoms with E-state index in [0.29, 0.717) is 5.02 Å². The summed E-state index contributed by atoms with van der Waals surface area (Å²) in [5, 5.41) is 6.71. The minimum Gasteiger partial charge on any atom is -0.378 e. The van der Waals surface area contributed by atoms with Gasteiger partial charge in [0.05, 0.1) is 0 Å². The number of amides is 1. The zero-order valence-corrected chi connectivity index (χ0v) is 17.6. The quantitative estimate of drug-likeness (QED) is 0.663. The Morgan fingerprint density at radius 2 is 1.72 bits per heavy atom. The van der Waals surface area contributed by atoms with Gasteiger partial charge in [-0.05, 0) is 37.6 Å². The molecule has 29 heavy (non-hydrogen) atoms. The van der Waals surface area contributed by atoms with Crippen LogP contribution in [0.25, 0.3) is 0 Å². The van der Waals surface area contributed by atoms with E-state index >= 15 is 0 Å². The highest BCUT2D eigenvalue weighted by Gasteiger charge is 2.20. The van der Waals surface area contributed by atoms with Crippen molar-refractivity contribution in [2.45, 2.75) is 25.9 Å². The van der Waals surface area contributed by atoms with E-state index in [2.05, 4.69) is 10.6 Å². The molecule has 9 heteroatoms. The van der Waals surface area contributed by atoms with Gasteiger partial charge in [-0.1, -0.05) is 35.9 Å². The SMILES string of the molecule is C[C@H](/C=C/S(C)(=O)=O)NC(=O)c1c(F)cc(N[C@@H](C)c2ccccc2Cl)cc1F. The van der Waals surface area contributed by atoms with E-state index in [1.807, 2.05) is 0 Å². The minimum absolute atomic E-state index is 0.147. The standard InChI is InChI=1S/C20H21ClF2N2O3S/c1-12(8-9-29(3,27)28)24-20(26)19-17(22)10-14(11-18(19)23)25-13(2)15-6-4-5-7-16(15)21/h4-13,25H,1-3H3,(H,24,26)/b9-8+/t12-,13+/m1/s1. The molecule has 0 radical (unpaired) electrons. The van der Waals surface area contributed by atoms with Gasteiger partial charge in [0.15, 0.2) is 9.84 Å². The number of hydrogen-bond donors (Lipinski definition) is 2. The van der Waals surface area contributed by atoms with Crippen molar-refractivity contribution in [3.63, 3.8) is 0 Å². The fourth-order valence-electron chi connectivity index (χ4n) is 2.62. The van der Waals surface area contributed by atoms with Crippen LogP contribution in [0.5, 0.6) is 0 Å². The van der Waals surface area contributed by atoms with Crippen LogP contribution in [0.4, 0.5) is 14.5 Å². The van der Waals surface area contributed by atoms with Gasteiger partial charge in [0.25, 0.3) is 5.91 Å². The maximum absolute atomic E-state index is 14.4. The highest BCUT2D eigenvalue weighted by atomic mass is 35.5. The van der Waals surface area contributed by atoms with Gasteiger partial charge in [-0.15, -0.1) is 0 Å². The summed E-state index contributed by atoms with van der Waals surface area (Å²) in [5.74, 6) is -3.08. The zero-order valence-electron chi connectivity index (χ0n) is 16.0. The number of carbonyl (C=O) groups excluding carboxylic acids is 1. The lowest BCUT2D eigenvalue weighted by atomic mass is 10.1. The van der Waals surface area contributed by atoms with Gasteiger partial charge >= 0.3 is 0 Å². The maximum Gasteiger partial charge on any atom is 0.257 e. The fourth-order valence-corrected chi connectivity index (χ4v) is 3.44. The third-order valence-electron chi connectivity index (χ3n) is 4.00. The van der Waals surface area contributed by atoms with Crippen LogP contribution in [0, 0.1) is 11.6 Å². The number of anilines is 1. The van der Waals surface area contributed by atoms with Gasteiger partial charge in [-0.2, -0.15) is 0 Å². The molecule has 156 valence electrons. The number of sulfone groups is 1. The molecular weight excluding hydrogens is 422 g/mol. The number of halogens is 3. The molecule has 0 aliphatic rings. The van der Waals surface area contributed by atoms with Crippen LogP contribution in [0.15, 0.2) is 47.9 Å². The van der Waals surface area contributed by atoms with Crippen molar-refractivity contribution >= 4 is 33.0 Å². The molecule has 0 spiro atoms. The van der Waals surface area contributed by atoms with E-state index in [1.165, 1.54) is 13.0 Å². The molecule has 0 unspecified atom stereocenters. The molecule has 0 aliphatic carbocycles. The normalized spacial score (nSPS) is 13.9. The number of rotatable bonds is 7. The molecular formula is C20H21ClF2N2O3S. The second-order valence-electron chi connectivity index (χ2n) is 6.62. The third kappa shape index (κ3) is 6.54. The van der Waals surface area contributed by atoms with Gasteiger partial charge in [-0.25, -0.2) is 17.2 Å². The van der Waals surface area contributed by atoms with Gasteiger partial charge in [0, 0.05) is 34.5 Å². The second kappa shape index (κ2) is 9.37. The fraction of sp³-hybridized carbons (Fsp3) is 0.250. The van der Waals surface area contributed by atoms with Gasteiger partial charge in [0.2, 0.25) is 0 Å². The monoisotopic (exact) mass is 442 g/mol. The maximum atomic E-state index is 14.4. The van der Waals surface area contributed by atoms with E-state index in [1.54, 1.807) is 31.2 Å². The number of nitrogens with one attached hydrogen (secondary N) is 2. The summed E-state index contributed by atoms with van der Waals surface area (Å²) in [6.45, 7) is 3.27. The summed E-state index contributed by atoms with van der Waals surface area (Å²) in [6, 6.07) is 8.04. The summed E-state index contributed by atoms with van der Waals surface area (Å²) in [7, 11) is -3.38. The Hall–Kier alpha value is -2.45. The smallest absolute Gasteiger partial charge is 0.257 e. The van der Waals surface area contributed by atoms with Crippen LogP contribution in [0.1, 0.15) is 35.8 Å². The third-order valence-corrected chi connectivity index (χ3v) is 4.99. The molecule has 0 aromatic heterocycles. The molecule has 0 fully saturated rings. The Morgan fingerprint density at radius 3 is 2.28 bits per heavy atom. The summed E-state index contributed by atoms with van der Waals surface area (Å²) in [5.41, 5.74) is 0.151. The summed E-state index contributed by atoms with van der Waals surface area (Å²) in [4.78, 5) is 12.2. The summed E-state index contributed by atoms with van der Waals surface area (Å²) >= 11 is 6.13. The number of benzene rings is 2. The van der Waals surface area contributed by atoms with Crippen LogP contribution >= 0.6 is 11.6 Å². The van der Waals surface area contributed by atoms with Gasteiger partial charge in [-0.3, -0.25) is 4.79 Å². The van der Waals surface area contributed by atoms with Gasteiger partial charge in [0.1, 0.15) is 17.2 Å². The molecule has 0 saturated heterocycles. The first kappa shape index (κ1) is 22.8. The molecule has 0 saturated carbocycles. The van der Waals surface area contributed by atoms with E-state index in [0.717, 1.165) is 29.4 Å². The molecule has 0 aliphatic heterocycles. The average Bonchev–Trinajstić information content (AvgIpc) is 2.59. The van der Waals surface area contributed by atoms with Crippen molar-refractivity contribution < 1.29 is 22.0 Å². The molecule has 0 bridgehead atoms. The lowest BCUT2D eigenvalue weighted by molar-refractivity contribution is 0.0938. The first-order valence-corrected chi connectivity index (χ1v) is 11.0. The highest BCUT2D eigenvalue weighted by molar-refractivity contribution is 7.93.